The molecular formula is C8H11BrN2OS2. The lowest BCUT2D eigenvalue weighted by molar-refractivity contribution is 0.683. The Morgan fingerprint density at radius 2 is 2.36 bits per heavy atom. The van der Waals surface area contributed by atoms with Gasteiger partial charge >= 0.3 is 0 Å². The summed E-state index contributed by atoms with van der Waals surface area (Å²) in [5.41, 5.74) is 0. The molecular weight excluding hydrogens is 284 g/mol. The Kier molecular flexibility index (Phi) is 3.57. The summed E-state index contributed by atoms with van der Waals surface area (Å²) in [6.07, 6.45) is 1.00. The van der Waals surface area contributed by atoms with Gasteiger partial charge in [0.05, 0.1) is 0 Å². The summed E-state index contributed by atoms with van der Waals surface area (Å²) in [4.78, 5) is 6.59. The van der Waals surface area contributed by atoms with Crippen LogP contribution < -0.4 is 4.90 Å². The van der Waals surface area contributed by atoms with Crippen LogP contribution >= 0.6 is 27.3 Å². The first-order chi connectivity index (χ1) is 6.75. The lowest BCUT2D eigenvalue weighted by atomic mass is 10.4. The van der Waals surface area contributed by atoms with Crippen LogP contribution in [0.1, 0.15) is 6.42 Å². The second kappa shape index (κ2) is 4.72. The van der Waals surface area contributed by atoms with Crippen molar-refractivity contribution >= 4 is 43.2 Å². The Morgan fingerprint density at radius 1 is 1.50 bits per heavy atom. The molecule has 0 radical (unpaired) electrons. The minimum atomic E-state index is -0.622. The first-order valence-electron chi connectivity index (χ1n) is 4.46. The molecule has 1 aromatic rings. The minimum absolute atomic E-state index is 0.622. The van der Waals surface area contributed by atoms with E-state index in [9.17, 15) is 4.21 Å². The van der Waals surface area contributed by atoms with Gasteiger partial charge in [-0.15, -0.1) is 11.3 Å². The summed E-state index contributed by atoms with van der Waals surface area (Å²) in [7, 11) is -0.622. The molecule has 1 unspecified atom stereocenters. The molecule has 0 amide bonds. The highest BCUT2D eigenvalue weighted by Gasteiger charge is 2.15. The smallest absolute Gasteiger partial charge is 0.186 e. The molecule has 1 aliphatic heterocycles. The molecule has 1 aromatic heterocycles. The normalized spacial score (nSPS) is 23.5. The first kappa shape index (κ1) is 10.6. The van der Waals surface area contributed by atoms with Crippen molar-refractivity contribution in [3.8, 4) is 0 Å². The van der Waals surface area contributed by atoms with Gasteiger partial charge in [0.2, 0.25) is 0 Å². The zero-order chi connectivity index (χ0) is 9.97. The Morgan fingerprint density at radius 3 is 3.07 bits per heavy atom. The summed E-state index contributed by atoms with van der Waals surface area (Å²) in [5, 5.41) is 3.02. The van der Waals surface area contributed by atoms with E-state index < -0.39 is 10.8 Å². The van der Waals surface area contributed by atoms with Crippen LogP contribution in [0.5, 0.6) is 0 Å². The van der Waals surface area contributed by atoms with Crippen LogP contribution in [0, 0.1) is 0 Å². The zero-order valence-electron chi connectivity index (χ0n) is 7.61. The molecule has 1 fully saturated rings. The molecule has 1 atom stereocenters. The number of hydrogen-bond donors (Lipinski definition) is 0. The van der Waals surface area contributed by atoms with E-state index in [4.69, 9.17) is 0 Å². The van der Waals surface area contributed by atoms with E-state index in [1.807, 2.05) is 5.38 Å². The SMILES string of the molecule is O=S1CCCN(c2nc(Br)cs2)CC1. The number of anilines is 1. The third-order valence-corrected chi connectivity index (χ3v) is 5.12. The monoisotopic (exact) mass is 294 g/mol. The van der Waals surface area contributed by atoms with Crippen molar-refractivity contribution in [2.45, 2.75) is 6.42 Å². The molecule has 1 saturated heterocycles. The molecule has 0 aromatic carbocycles. The van der Waals surface area contributed by atoms with Gasteiger partial charge in [0.15, 0.2) is 5.13 Å². The molecule has 1 aliphatic rings. The predicted molar refractivity (Wildman–Crippen MR) is 64.5 cm³/mol. The Bertz CT molecular complexity index is 342. The fraction of sp³-hybridized carbons (Fsp3) is 0.625. The summed E-state index contributed by atoms with van der Waals surface area (Å²) >= 11 is 4.98. The fourth-order valence-corrected chi connectivity index (χ4v) is 3.81. The minimum Gasteiger partial charge on any atom is -0.347 e. The van der Waals surface area contributed by atoms with Gasteiger partial charge in [0.1, 0.15) is 4.60 Å². The Balaban J connectivity index is 2.07. The van der Waals surface area contributed by atoms with Crippen molar-refractivity contribution in [3.63, 3.8) is 0 Å². The third kappa shape index (κ3) is 2.55. The second-order valence-corrected chi connectivity index (χ2v) is 6.49. The number of rotatable bonds is 1. The highest BCUT2D eigenvalue weighted by atomic mass is 79.9. The standard InChI is InChI=1S/C8H11BrN2OS2/c9-7-6-13-8(10-7)11-2-1-4-14(12)5-3-11/h6H,1-5H2. The van der Waals surface area contributed by atoms with Gasteiger partial charge in [-0.25, -0.2) is 4.98 Å². The molecule has 6 heteroatoms. The lowest BCUT2D eigenvalue weighted by Gasteiger charge is -2.17. The summed E-state index contributed by atoms with van der Waals surface area (Å²) < 4.78 is 12.2. The quantitative estimate of drug-likeness (QED) is 0.793. The van der Waals surface area contributed by atoms with Crippen LogP contribution in [-0.2, 0) is 10.8 Å². The van der Waals surface area contributed by atoms with Crippen molar-refractivity contribution in [1.29, 1.82) is 0 Å². The molecule has 0 aliphatic carbocycles. The molecule has 3 nitrogen and oxygen atoms in total. The molecule has 0 saturated carbocycles. The number of hydrogen-bond acceptors (Lipinski definition) is 4. The highest BCUT2D eigenvalue weighted by molar-refractivity contribution is 9.10. The molecule has 0 N–H and O–H groups in total. The van der Waals surface area contributed by atoms with Crippen LogP contribution in [0.3, 0.4) is 0 Å². The maximum atomic E-state index is 11.3. The van der Waals surface area contributed by atoms with Gasteiger partial charge in [0, 0.05) is 40.8 Å². The summed E-state index contributed by atoms with van der Waals surface area (Å²) in [6.45, 7) is 1.85. The fourth-order valence-electron chi connectivity index (χ4n) is 1.42. The van der Waals surface area contributed by atoms with Crippen LogP contribution in [0.15, 0.2) is 9.98 Å². The van der Waals surface area contributed by atoms with Gasteiger partial charge in [-0.05, 0) is 22.4 Å². The first-order valence-corrected chi connectivity index (χ1v) is 7.63. The summed E-state index contributed by atoms with van der Waals surface area (Å²) in [5.74, 6) is 1.61. The lowest BCUT2D eigenvalue weighted by Crippen LogP contribution is -2.25. The van der Waals surface area contributed by atoms with E-state index in [-0.39, 0.29) is 0 Å². The third-order valence-electron chi connectivity index (χ3n) is 2.12. The van der Waals surface area contributed by atoms with Crippen molar-refractivity contribution in [1.82, 2.24) is 4.98 Å². The van der Waals surface area contributed by atoms with Crippen LogP contribution in [0.25, 0.3) is 0 Å². The van der Waals surface area contributed by atoms with E-state index in [1.165, 1.54) is 0 Å². The van der Waals surface area contributed by atoms with Crippen molar-refractivity contribution in [3.05, 3.63) is 9.98 Å². The van der Waals surface area contributed by atoms with Crippen LogP contribution in [0.4, 0.5) is 5.13 Å². The van der Waals surface area contributed by atoms with Gasteiger partial charge < -0.3 is 4.90 Å². The maximum Gasteiger partial charge on any atom is 0.186 e. The van der Waals surface area contributed by atoms with E-state index in [0.29, 0.717) is 0 Å². The summed E-state index contributed by atoms with van der Waals surface area (Å²) in [6, 6.07) is 0. The van der Waals surface area contributed by atoms with Crippen LogP contribution in [-0.4, -0.2) is 33.8 Å². The van der Waals surface area contributed by atoms with E-state index in [0.717, 1.165) is 40.8 Å². The average molecular weight is 295 g/mol. The van der Waals surface area contributed by atoms with E-state index in [2.05, 4.69) is 25.8 Å². The second-order valence-electron chi connectivity index (χ2n) is 3.14. The predicted octanol–water partition coefficient (Wildman–Crippen LogP) is 1.86. The number of nitrogens with zero attached hydrogens (tertiary/aromatic N) is 2. The number of thiazole rings is 1. The Labute approximate surface area is 98.1 Å². The molecule has 14 heavy (non-hydrogen) atoms. The van der Waals surface area contributed by atoms with E-state index in [1.54, 1.807) is 11.3 Å². The molecule has 2 rings (SSSR count). The van der Waals surface area contributed by atoms with Crippen molar-refractivity contribution in [2.75, 3.05) is 29.5 Å². The van der Waals surface area contributed by atoms with Gasteiger partial charge in [0.25, 0.3) is 0 Å². The molecule has 0 spiro atoms. The van der Waals surface area contributed by atoms with E-state index >= 15 is 0 Å². The molecule has 2 heterocycles. The Hall–Kier alpha value is 0.0600. The largest absolute Gasteiger partial charge is 0.347 e. The van der Waals surface area contributed by atoms with Crippen LogP contribution in [0.2, 0.25) is 0 Å². The van der Waals surface area contributed by atoms with Gasteiger partial charge in [-0.3, -0.25) is 4.21 Å². The van der Waals surface area contributed by atoms with Gasteiger partial charge in [-0.1, -0.05) is 0 Å². The average Bonchev–Trinajstić information content (AvgIpc) is 2.46. The number of aromatic nitrogens is 1. The number of halogens is 1. The highest BCUT2D eigenvalue weighted by Crippen LogP contribution is 2.24. The van der Waals surface area contributed by atoms with Crippen molar-refractivity contribution in [2.24, 2.45) is 0 Å². The zero-order valence-corrected chi connectivity index (χ0v) is 10.8. The molecule has 0 bridgehead atoms. The van der Waals surface area contributed by atoms with Gasteiger partial charge in [-0.2, -0.15) is 0 Å². The maximum absolute atomic E-state index is 11.3. The van der Waals surface area contributed by atoms with Crippen molar-refractivity contribution < 1.29 is 4.21 Å². The topological polar surface area (TPSA) is 33.2 Å². The molecule has 78 valence electrons.